The molecular formula is C11H14ClFN2O. The van der Waals surface area contributed by atoms with Crippen LogP contribution in [-0.2, 0) is 4.79 Å². The first-order chi connectivity index (χ1) is 7.43. The van der Waals surface area contributed by atoms with E-state index in [1.54, 1.807) is 19.9 Å². The van der Waals surface area contributed by atoms with Gasteiger partial charge in [-0.15, -0.1) is 0 Å². The highest BCUT2D eigenvalue weighted by molar-refractivity contribution is 6.31. The maximum absolute atomic E-state index is 13.5. The fourth-order valence-corrected chi connectivity index (χ4v) is 1.79. The molecule has 0 aliphatic carbocycles. The molecule has 0 radical (unpaired) electrons. The highest BCUT2D eigenvalue weighted by Crippen LogP contribution is 2.25. The number of benzene rings is 1. The van der Waals surface area contributed by atoms with Crippen LogP contribution < -0.4 is 11.1 Å². The van der Waals surface area contributed by atoms with E-state index in [1.807, 2.05) is 0 Å². The fourth-order valence-electron chi connectivity index (χ4n) is 1.46. The molecule has 0 fully saturated rings. The van der Waals surface area contributed by atoms with Crippen LogP contribution in [0.5, 0.6) is 0 Å². The van der Waals surface area contributed by atoms with Crippen molar-refractivity contribution in [1.82, 2.24) is 5.32 Å². The first-order valence-electron chi connectivity index (χ1n) is 4.92. The first-order valence-corrected chi connectivity index (χ1v) is 5.30. The lowest BCUT2D eigenvalue weighted by Crippen LogP contribution is -2.40. The number of primary amides is 1. The predicted molar refractivity (Wildman–Crippen MR) is 61.6 cm³/mol. The molecule has 0 bridgehead atoms. The molecule has 3 N–H and O–H groups in total. The number of hydrogen-bond donors (Lipinski definition) is 2. The molecule has 0 unspecified atom stereocenters. The Hall–Kier alpha value is -1.13. The molecule has 16 heavy (non-hydrogen) atoms. The largest absolute Gasteiger partial charge is 0.368 e. The molecule has 1 aromatic carbocycles. The van der Waals surface area contributed by atoms with Crippen molar-refractivity contribution in [2.24, 2.45) is 5.73 Å². The number of nitrogens with two attached hydrogens (primary N) is 1. The van der Waals surface area contributed by atoms with Crippen molar-refractivity contribution < 1.29 is 9.18 Å². The number of rotatable bonds is 4. The summed E-state index contributed by atoms with van der Waals surface area (Å²) in [5, 5.41) is 3.21. The van der Waals surface area contributed by atoms with E-state index in [2.05, 4.69) is 5.32 Å². The molecule has 1 amide bonds. The lowest BCUT2D eigenvalue weighted by molar-refractivity contribution is -0.119. The van der Waals surface area contributed by atoms with Gasteiger partial charge in [0.1, 0.15) is 5.82 Å². The van der Waals surface area contributed by atoms with Crippen molar-refractivity contribution in [3.8, 4) is 0 Å². The van der Waals surface area contributed by atoms with Gasteiger partial charge in [0, 0.05) is 16.6 Å². The van der Waals surface area contributed by atoms with Crippen LogP contribution >= 0.6 is 11.6 Å². The molecule has 0 saturated heterocycles. The Morgan fingerprint density at radius 1 is 1.50 bits per heavy atom. The lowest BCUT2D eigenvalue weighted by atomic mass is 10.1. The zero-order valence-corrected chi connectivity index (χ0v) is 9.88. The molecule has 88 valence electrons. The van der Waals surface area contributed by atoms with Crippen molar-refractivity contribution in [3.63, 3.8) is 0 Å². The Labute approximate surface area is 98.8 Å². The number of nitrogens with one attached hydrogen (secondary N) is 1. The average molecular weight is 245 g/mol. The van der Waals surface area contributed by atoms with Gasteiger partial charge < -0.3 is 5.73 Å². The zero-order valence-electron chi connectivity index (χ0n) is 9.13. The minimum atomic E-state index is -0.536. The van der Waals surface area contributed by atoms with Gasteiger partial charge in [0.25, 0.3) is 0 Å². The third kappa shape index (κ3) is 2.93. The van der Waals surface area contributed by atoms with E-state index in [1.165, 1.54) is 12.1 Å². The van der Waals surface area contributed by atoms with Crippen LogP contribution in [0.4, 0.5) is 4.39 Å². The summed E-state index contributed by atoms with van der Waals surface area (Å²) in [4.78, 5) is 10.9. The Bertz CT molecular complexity index is 377. The normalized spacial score (nSPS) is 14.5. The third-order valence-corrected chi connectivity index (χ3v) is 2.69. The predicted octanol–water partition coefficient (Wildman–Crippen LogP) is 2.00. The smallest absolute Gasteiger partial charge is 0.234 e. The minimum absolute atomic E-state index is 0.330. The highest BCUT2D eigenvalue weighted by atomic mass is 35.5. The van der Waals surface area contributed by atoms with Crippen LogP contribution in [0, 0.1) is 5.82 Å². The number of hydrogen-bond acceptors (Lipinski definition) is 2. The highest BCUT2D eigenvalue weighted by Gasteiger charge is 2.18. The number of carbonyl (C=O) groups excluding carboxylic acids is 1. The fraction of sp³-hybridized carbons (Fsp3) is 0.364. The van der Waals surface area contributed by atoms with Crippen LogP contribution in [0.25, 0.3) is 0 Å². The second-order valence-corrected chi connectivity index (χ2v) is 4.05. The second kappa shape index (κ2) is 5.27. The SMILES string of the molecule is C[C@H](N[C@H](C)c1c(F)cccc1Cl)C(N)=O. The van der Waals surface area contributed by atoms with Crippen LogP contribution in [0.15, 0.2) is 18.2 Å². The van der Waals surface area contributed by atoms with Crippen molar-refractivity contribution in [3.05, 3.63) is 34.6 Å². The van der Waals surface area contributed by atoms with Crippen molar-refractivity contribution >= 4 is 17.5 Å². The Morgan fingerprint density at radius 3 is 2.62 bits per heavy atom. The van der Waals surface area contributed by atoms with Crippen LogP contribution in [0.2, 0.25) is 5.02 Å². The molecule has 3 nitrogen and oxygen atoms in total. The quantitative estimate of drug-likeness (QED) is 0.851. The van der Waals surface area contributed by atoms with E-state index in [-0.39, 0.29) is 6.04 Å². The molecule has 5 heteroatoms. The zero-order chi connectivity index (χ0) is 12.3. The summed E-state index contributed by atoms with van der Waals surface area (Å²) in [5.41, 5.74) is 5.45. The van der Waals surface area contributed by atoms with Gasteiger partial charge in [0.05, 0.1) is 6.04 Å². The monoisotopic (exact) mass is 244 g/mol. The topological polar surface area (TPSA) is 55.1 Å². The molecule has 0 saturated carbocycles. The number of amides is 1. The molecule has 0 spiro atoms. The first kappa shape index (κ1) is 12.9. The summed E-state index contributed by atoms with van der Waals surface area (Å²) in [6, 6.07) is 3.55. The van der Waals surface area contributed by atoms with E-state index in [0.717, 1.165) is 0 Å². The van der Waals surface area contributed by atoms with Gasteiger partial charge in [-0.05, 0) is 26.0 Å². The maximum Gasteiger partial charge on any atom is 0.234 e. The van der Waals surface area contributed by atoms with E-state index in [4.69, 9.17) is 17.3 Å². The van der Waals surface area contributed by atoms with Gasteiger partial charge in [0.2, 0.25) is 5.91 Å². The van der Waals surface area contributed by atoms with Gasteiger partial charge in [-0.1, -0.05) is 17.7 Å². The molecule has 2 atom stereocenters. The summed E-state index contributed by atoms with van der Waals surface area (Å²) < 4.78 is 13.5. The van der Waals surface area contributed by atoms with E-state index < -0.39 is 17.8 Å². The average Bonchev–Trinajstić information content (AvgIpc) is 2.16. The van der Waals surface area contributed by atoms with Crippen LogP contribution in [0.3, 0.4) is 0 Å². The molecule has 1 rings (SSSR count). The summed E-state index contributed by atoms with van der Waals surface area (Å²) in [6.07, 6.45) is 0. The Balaban J connectivity index is 2.88. The third-order valence-electron chi connectivity index (χ3n) is 2.36. The van der Waals surface area contributed by atoms with Gasteiger partial charge >= 0.3 is 0 Å². The maximum atomic E-state index is 13.5. The van der Waals surface area contributed by atoms with Gasteiger partial charge in [-0.3, -0.25) is 10.1 Å². The van der Waals surface area contributed by atoms with Crippen LogP contribution in [-0.4, -0.2) is 11.9 Å². The summed E-state index contributed by atoms with van der Waals surface area (Å²) in [5.74, 6) is -0.886. The Morgan fingerprint density at radius 2 is 2.12 bits per heavy atom. The molecule has 0 heterocycles. The minimum Gasteiger partial charge on any atom is -0.368 e. The lowest BCUT2D eigenvalue weighted by Gasteiger charge is -2.19. The van der Waals surface area contributed by atoms with Gasteiger partial charge in [-0.25, -0.2) is 4.39 Å². The second-order valence-electron chi connectivity index (χ2n) is 3.65. The standard InChI is InChI=1S/C11H14ClFN2O/c1-6(15-7(2)11(14)16)10-8(12)4-3-5-9(10)13/h3-7,15H,1-2H3,(H2,14,16)/t6-,7+/m1/s1. The van der Waals surface area contributed by atoms with Crippen molar-refractivity contribution in [1.29, 1.82) is 0 Å². The van der Waals surface area contributed by atoms with E-state index >= 15 is 0 Å². The summed E-state index contributed by atoms with van der Waals surface area (Å²) in [7, 11) is 0. The van der Waals surface area contributed by atoms with Gasteiger partial charge in [0.15, 0.2) is 0 Å². The summed E-state index contributed by atoms with van der Waals surface area (Å²) >= 11 is 5.89. The van der Waals surface area contributed by atoms with E-state index in [0.29, 0.717) is 10.6 Å². The molecular weight excluding hydrogens is 231 g/mol. The van der Waals surface area contributed by atoms with Crippen molar-refractivity contribution in [2.45, 2.75) is 25.9 Å². The van der Waals surface area contributed by atoms with E-state index in [9.17, 15) is 9.18 Å². The Kier molecular flexibility index (Phi) is 4.26. The van der Waals surface area contributed by atoms with Gasteiger partial charge in [-0.2, -0.15) is 0 Å². The summed E-state index contributed by atoms with van der Waals surface area (Å²) in [6.45, 7) is 3.34. The number of halogens is 2. The number of carbonyl (C=O) groups is 1. The van der Waals surface area contributed by atoms with Crippen molar-refractivity contribution in [2.75, 3.05) is 0 Å². The molecule has 0 aliphatic heterocycles. The van der Waals surface area contributed by atoms with Crippen LogP contribution in [0.1, 0.15) is 25.5 Å². The molecule has 0 aromatic heterocycles. The molecule has 0 aliphatic rings. The molecule has 1 aromatic rings.